The zero-order chi connectivity index (χ0) is 39.7. The Morgan fingerprint density at radius 3 is 1.17 bits per heavy atom. The predicted molar refractivity (Wildman–Crippen MR) is 250 cm³/mol. The van der Waals surface area contributed by atoms with Crippen molar-refractivity contribution >= 4 is 57.6 Å². The van der Waals surface area contributed by atoms with E-state index in [4.69, 9.17) is 19.7 Å². The number of ether oxygens (including phenoxy) is 2. The van der Waals surface area contributed by atoms with E-state index in [0.717, 1.165) is 71.5 Å². The Kier molecular flexibility index (Phi) is 17.9. The lowest BCUT2D eigenvalue weighted by Gasteiger charge is -2.09. The normalized spacial score (nSPS) is 12.0. The molecule has 6 aromatic rings. The van der Waals surface area contributed by atoms with Crippen LogP contribution in [0.4, 0.5) is 11.4 Å². The summed E-state index contributed by atoms with van der Waals surface area (Å²) in [6, 6.07) is 44.8. The Bertz CT molecular complexity index is 1950. The van der Waals surface area contributed by atoms with E-state index < -0.39 is 0 Å². The van der Waals surface area contributed by atoms with Crippen LogP contribution in [0.2, 0.25) is 0 Å². The number of nitrogens with one attached hydrogen (secondary N) is 2. The Morgan fingerprint density at radius 2 is 0.810 bits per heavy atom. The van der Waals surface area contributed by atoms with Crippen molar-refractivity contribution in [3.63, 3.8) is 0 Å². The molecule has 0 saturated carbocycles. The molecule has 0 radical (unpaired) electrons. The molecule has 0 unspecified atom stereocenters. The van der Waals surface area contributed by atoms with Gasteiger partial charge in [0.15, 0.2) is 0 Å². The minimum absolute atomic E-state index is 0.745. The number of hydrogen-bond donors (Lipinski definition) is 2. The maximum atomic E-state index is 6.08. The van der Waals surface area contributed by atoms with Crippen molar-refractivity contribution < 1.29 is 9.47 Å². The minimum atomic E-state index is 0.745. The molecule has 0 fully saturated rings. The van der Waals surface area contributed by atoms with Gasteiger partial charge in [-0.1, -0.05) is 99.9 Å². The van der Waals surface area contributed by atoms with Gasteiger partial charge in [-0.3, -0.25) is 10.9 Å². The van der Waals surface area contributed by atoms with Gasteiger partial charge in [0.05, 0.1) is 36.0 Å². The number of hydrogen-bond acceptors (Lipinski definition) is 8. The first-order valence-corrected chi connectivity index (χ1v) is 22.2. The average Bonchev–Trinajstić information content (AvgIpc) is 4.01. The fourth-order valence-electron chi connectivity index (χ4n) is 6.21. The number of benzene rings is 4. The Morgan fingerprint density at radius 1 is 0.431 bits per heavy atom. The summed E-state index contributed by atoms with van der Waals surface area (Å²) in [6.45, 7) is 1.49. The topological polar surface area (TPSA) is 67.2 Å². The zero-order valence-corrected chi connectivity index (χ0v) is 34.8. The third kappa shape index (κ3) is 15.3. The van der Waals surface area contributed by atoms with Crippen LogP contribution in [-0.4, -0.2) is 24.6 Å². The molecule has 6 nitrogen and oxygen atoms in total. The molecular weight excluding hydrogens is 753 g/mol. The molecule has 0 bridgehead atoms. The number of allylic oxidation sites excluding steroid dienone is 2. The van der Waals surface area contributed by atoms with Crippen molar-refractivity contribution in [3.8, 4) is 11.5 Å². The van der Waals surface area contributed by atoms with Crippen LogP contribution in [0.1, 0.15) is 85.1 Å². The minimum Gasteiger partial charge on any atom is -0.494 e. The van der Waals surface area contributed by atoms with Gasteiger partial charge in [0.25, 0.3) is 0 Å². The molecule has 58 heavy (non-hydrogen) atoms. The molecule has 2 N–H and O–H groups in total. The fraction of sp³-hybridized carbons (Fsp3) is 0.240. The zero-order valence-electron chi connectivity index (χ0n) is 33.2. The highest BCUT2D eigenvalue weighted by molar-refractivity contribution is 7.11. The molecule has 0 amide bonds. The largest absolute Gasteiger partial charge is 0.494 e. The van der Waals surface area contributed by atoms with E-state index in [-0.39, 0.29) is 0 Å². The summed E-state index contributed by atoms with van der Waals surface area (Å²) < 4.78 is 12.2. The first-order chi connectivity index (χ1) is 28.8. The van der Waals surface area contributed by atoms with Crippen LogP contribution in [0.25, 0.3) is 12.2 Å². The SMILES string of the molecule is C(=C\c1cccs1)/C(=N\Nc1ccccc1)c1ccc(OCCCCCCCCCCCCOc2ccc(C(/C=C/c3cccs3)=N/Nc3ccccc3)cc2)cc1. The summed E-state index contributed by atoms with van der Waals surface area (Å²) in [6.07, 6.45) is 20.6. The number of thiophene rings is 2. The van der Waals surface area contributed by atoms with Crippen LogP contribution in [0.5, 0.6) is 11.5 Å². The molecule has 8 heteroatoms. The van der Waals surface area contributed by atoms with Gasteiger partial charge in [-0.25, -0.2) is 0 Å². The highest BCUT2D eigenvalue weighted by atomic mass is 32.1. The molecule has 0 aliphatic carbocycles. The van der Waals surface area contributed by atoms with E-state index in [9.17, 15) is 0 Å². The van der Waals surface area contributed by atoms with Gasteiger partial charge < -0.3 is 9.47 Å². The van der Waals surface area contributed by atoms with E-state index in [2.05, 4.69) is 94.4 Å². The van der Waals surface area contributed by atoms with Crippen LogP contribution in [-0.2, 0) is 0 Å². The van der Waals surface area contributed by atoms with E-state index in [1.54, 1.807) is 22.7 Å². The molecule has 6 rings (SSSR count). The van der Waals surface area contributed by atoms with Crippen LogP contribution >= 0.6 is 22.7 Å². The molecule has 0 spiro atoms. The number of nitrogens with zero attached hydrogens (tertiary/aromatic N) is 2. The Balaban J connectivity index is 0.800. The van der Waals surface area contributed by atoms with E-state index in [1.807, 2.05) is 84.9 Å². The number of anilines is 2. The molecule has 4 aromatic carbocycles. The smallest absolute Gasteiger partial charge is 0.119 e. The number of para-hydroxylation sites is 2. The van der Waals surface area contributed by atoms with Crippen molar-refractivity contribution in [2.24, 2.45) is 10.2 Å². The van der Waals surface area contributed by atoms with Crippen molar-refractivity contribution in [3.05, 3.63) is 177 Å². The van der Waals surface area contributed by atoms with Crippen LogP contribution in [0, 0.1) is 0 Å². The third-order valence-corrected chi connectivity index (χ3v) is 11.1. The second-order valence-corrected chi connectivity index (χ2v) is 15.9. The van der Waals surface area contributed by atoms with Gasteiger partial charge in [-0.05, 0) is 133 Å². The lowest BCUT2D eigenvalue weighted by Crippen LogP contribution is -2.02. The monoisotopic (exact) mass is 806 g/mol. The maximum Gasteiger partial charge on any atom is 0.119 e. The summed E-state index contributed by atoms with van der Waals surface area (Å²) in [5.41, 5.74) is 12.1. The van der Waals surface area contributed by atoms with Crippen LogP contribution < -0.4 is 20.3 Å². The Labute approximate surface area is 352 Å². The quantitative estimate of drug-likeness (QED) is 0.0343. The maximum absolute atomic E-state index is 6.08. The summed E-state index contributed by atoms with van der Waals surface area (Å²) in [7, 11) is 0. The van der Waals surface area contributed by atoms with Gasteiger partial charge in [0.1, 0.15) is 11.5 Å². The lowest BCUT2D eigenvalue weighted by molar-refractivity contribution is 0.303. The highest BCUT2D eigenvalue weighted by Crippen LogP contribution is 2.20. The second-order valence-electron chi connectivity index (χ2n) is 13.9. The van der Waals surface area contributed by atoms with Crippen LogP contribution in [0.3, 0.4) is 0 Å². The molecule has 0 saturated heterocycles. The highest BCUT2D eigenvalue weighted by Gasteiger charge is 2.05. The first-order valence-electron chi connectivity index (χ1n) is 20.5. The molecule has 0 aliphatic heterocycles. The summed E-state index contributed by atoms with van der Waals surface area (Å²) in [5, 5.41) is 13.6. The van der Waals surface area contributed by atoms with Gasteiger partial charge in [0.2, 0.25) is 0 Å². The molecule has 0 aliphatic rings. The molecule has 2 heterocycles. The van der Waals surface area contributed by atoms with E-state index >= 15 is 0 Å². The third-order valence-electron chi connectivity index (χ3n) is 9.43. The molecule has 2 aromatic heterocycles. The van der Waals surface area contributed by atoms with E-state index in [1.165, 1.54) is 61.1 Å². The number of unbranched alkanes of at least 4 members (excludes halogenated alkanes) is 9. The van der Waals surface area contributed by atoms with Crippen molar-refractivity contribution in [2.45, 2.75) is 64.2 Å². The van der Waals surface area contributed by atoms with Gasteiger partial charge in [-0.2, -0.15) is 10.2 Å². The number of hydrazone groups is 2. The van der Waals surface area contributed by atoms with Gasteiger partial charge in [0, 0.05) is 20.9 Å². The van der Waals surface area contributed by atoms with Crippen molar-refractivity contribution in [1.29, 1.82) is 0 Å². The summed E-state index contributed by atoms with van der Waals surface area (Å²) >= 11 is 3.42. The Hall–Kier alpha value is -5.70. The molecular formula is C50H54N4O2S2. The van der Waals surface area contributed by atoms with Gasteiger partial charge in [-0.15, -0.1) is 22.7 Å². The second kappa shape index (κ2) is 24.8. The van der Waals surface area contributed by atoms with Crippen molar-refractivity contribution in [1.82, 2.24) is 0 Å². The summed E-state index contributed by atoms with van der Waals surface area (Å²) in [4.78, 5) is 2.38. The molecule has 298 valence electrons. The van der Waals surface area contributed by atoms with E-state index in [0.29, 0.717) is 0 Å². The predicted octanol–water partition coefficient (Wildman–Crippen LogP) is 14.2. The van der Waals surface area contributed by atoms with Crippen molar-refractivity contribution in [2.75, 3.05) is 24.1 Å². The standard InChI is InChI=1S/C50H54N4O2S2/c1(3-5-7-15-37-55-45-29-25-41(26-30-45)49(35-33-47-23-17-39-57-47)53-51-43-19-11-9-12-20-43)2-4-6-8-16-38-56-46-31-27-42(28-32-46)50(36-34-48-24-18-40-58-48)54-52-44-21-13-10-14-22-44/h9-14,17-36,39-40,51-52H,1-8,15-16,37-38H2/b35-33+,36-34+,53-49+,54-50+. The summed E-state index contributed by atoms with van der Waals surface area (Å²) in [5.74, 6) is 1.80. The average molecular weight is 807 g/mol. The lowest BCUT2D eigenvalue weighted by atomic mass is 10.1. The fourth-order valence-corrected chi connectivity index (χ4v) is 7.44. The van der Waals surface area contributed by atoms with Crippen LogP contribution in [0.15, 0.2) is 167 Å². The number of rotatable bonds is 25. The first kappa shape index (κ1) is 41.9. The molecule has 0 atom stereocenters. The van der Waals surface area contributed by atoms with Gasteiger partial charge >= 0.3 is 0 Å².